The molecule has 1 aliphatic rings. The highest BCUT2D eigenvalue weighted by Gasteiger charge is 2.28. The minimum atomic E-state index is -0.221. The number of hydrogen-bond acceptors (Lipinski definition) is 8. The van der Waals surface area contributed by atoms with E-state index in [1.807, 2.05) is 44.4 Å². The second-order valence-electron chi connectivity index (χ2n) is 9.54. The van der Waals surface area contributed by atoms with Gasteiger partial charge < -0.3 is 25.3 Å². The first kappa shape index (κ1) is 24.7. The molecule has 1 amide bonds. The van der Waals surface area contributed by atoms with E-state index in [1.165, 1.54) is 0 Å². The molecule has 2 atom stereocenters. The number of aromatic nitrogens is 5. The lowest BCUT2D eigenvalue weighted by Crippen LogP contribution is -2.55. The molecule has 4 aromatic rings. The van der Waals surface area contributed by atoms with E-state index in [9.17, 15) is 4.79 Å². The van der Waals surface area contributed by atoms with Crippen LogP contribution in [0.15, 0.2) is 42.9 Å². The maximum atomic E-state index is 13.2. The first-order valence-corrected chi connectivity index (χ1v) is 12.4. The smallest absolute Gasteiger partial charge is 0.256 e. The standard InChI is InChI=1S/C26H33N9O2/c1-16-14-35(12-11-33(16)3)17(2)24(36)29-21-8-6-7-18-19(13-28-23(18)21)20-9-10-27-26(30-20)31-22-15-34(4)32-25(22)37-5/h6-10,13,15-17,28H,11-12,14H2,1-5H3,(H,29,36)(H,27,30,31)/t16-,17?/m0/s1. The van der Waals surface area contributed by atoms with Crippen molar-refractivity contribution in [1.29, 1.82) is 0 Å². The Labute approximate surface area is 215 Å². The van der Waals surface area contributed by atoms with Crippen molar-refractivity contribution in [3.8, 4) is 17.1 Å². The Balaban J connectivity index is 1.36. The Morgan fingerprint density at radius 1 is 1.22 bits per heavy atom. The largest absolute Gasteiger partial charge is 0.478 e. The number of hydrogen-bond donors (Lipinski definition) is 3. The average Bonchev–Trinajstić information content (AvgIpc) is 3.49. The van der Waals surface area contributed by atoms with Crippen LogP contribution in [0.3, 0.4) is 0 Å². The number of methoxy groups -OCH3 is 1. The summed E-state index contributed by atoms with van der Waals surface area (Å²) in [5.74, 6) is 0.876. The van der Waals surface area contributed by atoms with Gasteiger partial charge in [-0.15, -0.1) is 5.10 Å². The Bertz CT molecular complexity index is 1410. The Hall–Kier alpha value is -3.96. The molecule has 1 aromatic carbocycles. The number of para-hydroxylation sites is 1. The van der Waals surface area contributed by atoms with Crippen molar-refractivity contribution in [2.75, 3.05) is 44.4 Å². The predicted octanol–water partition coefficient (Wildman–Crippen LogP) is 3.07. The molecule has 0 radical (unpaired) electrons. The zero-order valence-electron chi connectivity index (χ0n) is 21.8. The summed E-state index contributed by atoms with van der Waals surface area (Å²) in [4.78, 5) is 30.1. The molecule has 0 saturated carbocycles. The second-order valence-corrected chi connectivity index (χ2v) is 9.54. The molecule has 11 nitrogen and oxygen atoms in total. The molecule has 1 aliphatic heterocycles. The minimum absolute atomic E-state index is 0.0145. The van der Waals surface area contributed by atoms with E-state index >= 15 is 0 Å². The van der Waals surface area contributed by atoms with E-state index in [0.29, 0.717) is 23.6 Å². The molecule has 194 valence electrons. The molecular formula is C26H33N9O2. The van der Waals surface area contributed by atoms with Crippen LogP contribution in [0.4, 0.5) is 17.3 Å². The monoisotopic (exact) mass is 503 g/mol. The molecule has 3 aromatic heterocycles. The average molecular weight is 504 g/mol. The van der Waals surface area contributed by atoms with E-state index in [2.05, 4.69) is 49.5 Å². The number of H-pyrrole nitrogens is 1. The molecule has 1 unspecified atom stereocenters. The van der Waals surface area contributed by atoms with E-state index < -0.39 is 0 Å². The molecular weight excluding hydrogens is 470 g/mol. The Morgan fingerprint density at radius 3 is 2.84 bits per heavy atom. The quantitative estimate of drug-likeness (QED) is 0.352. The highest BCUT2D eigenvalue weighted by atomic mass is 16.5. The van der Waals surface area contributed by atoms with Gasteiger partial charge in [0.05, 0.1) is 36.2 Å². The van der Waals surface area contributed by atoms with Crippen LogP contribution in [0.5, 0.6) is 5.88 Å². The number of likely N-dealkylation sites (N-methyl/N-ethyl adjacent to an activating group) is 1. The number of aryl methyl sites for hydroxylation is 1. The third-order valence-corrected chi connectivity index (χ3v) is 7.06. The molecule has 5 rings (SSSR count). The summed E-state index contributed by atoms with van der Waals surface area (Å²) < 4.78 is 6.97. The van der Waals surface area contributed by atoms with E-state index in [-0.39, 0.29) is 11.9 Å². The first-order valence-electron chi connectivity index (χ1n) is 12.4. The summed E-state index contributed by atoms with van der Waals surface area (Å²) in [6, 6.07) is 7.93. The van der Waals surface area contributed by atoms with Gasteiger partial charge in [-0.25, -0.2) is 9.97 Å². The lowest BCUT2D eigenvalue weighted by atomic mass is 10.1. The zero-order valence-corrected chi connectivity index (χ0v) is 21.8. The number of nitrogens with zero attached hydrogens (tertiary/aromatic N) is 6. The van der Waals surface area contributed by atoms with Crippen molar-refractivity contribution < 1.29 is 9.53 Å². The number of benzene rings is 1. The first-order chi connectivity index (χ1) is 17.8. The summed E-state index contributed by atoms with van der Waals surface area (Å²) in [6.07, 6.45) is 5.42. The van der Waals surface area contributed by atoms with Gasteiger partial charge in [0.25, 0.3) is 5.88 Å². The van der Waals surface area contributed by atoms with Crippen LogP contribution in [0.25, 0.3) is 22.2 Å². The Morgan fingerprint density at radius 2 is 2.05 bits per heavy atom. The van der Waals surface area contributed by atoms with Gasteiger partial charge in [0.2, 0.25) is 11.9 Å². The molecule has 0 bridgehead atoms. The van der Waals surface area contributed by atoms with Gasteiger partial charge in [-0.2, -0.15) is 0 Å². The van der Waals surface area contributed by atoms with Gasteiger partial charge in [0, 0.05) is 56.1 Å². The summed E-state index contributed by atoms with van der Waals surface area (Å²) >= 11 is 0. The van der Waals surface area contributed by atoms with Crippen LogP contribution < -0.4 is 15.4 Å². The van der Waals surface area contributed by atoms with Gasteiger partial charge in [-0.1, -0.05) is 12.1 Å². The van der Waals surface area contributed by atoms with Crippen LogP contribution in [0.1, 0.15) is 13.8 Å². The van der Waals surface area contributed by atoms with Crippen LogP contribution in [0.2, 0.25) is 0 Å². The van der Waals surface area contributed by atoms with Crippen molar-refractivity contribution in [2.45, 2.75) is 25.9 Å². The summed E-state index contributed by atoms with van der Waals surface area (Å²) in [6.45, 7) is 6.87. The van der Waals surface area contributed by atoms with Gasteiger partial charge in [0.15, 0.2) is 0 Å². The highest BCUT2D eigenvalue weighted by Crippen LogP contribution is 2.32. The highest BCUT2D eigenvalue weighted by molar-refractivity contribution is 6.06. The number of rotatable bonds is 7. The van der Waals surface area contributed by atoms with Crippen molar-refractivity contribution >= 4 is 34.1 Å². The normalized spacial score (nSPS) is 17.6. The van der Waals surface area contributed by atoms with Gasteiger partial charge in [0.1, 0.15) is 5.69 Å². The Kier molecular flexibility index (Phi) is 6.81. The minimum Gasteiger partial charge on any atom is -0.478 e. The number of ether oxygens (including phenoxy) is 1. The van der Waals surface area contributed by atoms with Crippen molar-refractivity contribution in [3.63, 3.8) is 0 Å². The number of carbonyl (C=O) groups excluding carboxylic acids is 1. The van der Waals surface area contributed by atoms with Gasteiger partial charge >= 0.3 is 0 Å². The fourth-order valence-corrected chi connectivity index (χ4v) is 4.70. The third-order valence-electron chi connectivity index (χ3n) is 7.06. The fraction of sp³-hybridized carbons (Fsp3) is 0.385. The number of nitrogens with one attached hydrogen (secondary N) is 3. The summed E-state index contributed by atoms with van der Waals surface area (Å²) in [5.41, 5.74) is 3.93. The zero-order chi connectivity index (χ0) is 26.1. The van der Waals surface area contributed by atoms with Crippen LogP contribution in [-0.4, -0.2) is 86.3 Å². The maximum absolute atomic E-state index is 13.2. The van der Waals surface area contributed by atoms with Crippen molar-refractivity contribution in [1.82, 2.24) is 34.5 Å². The second kappa shape index (κ2) is 10.2. The summed E-state index contributed by atoms with van der Waals surface area (Å²) in [5, 5.41) is 11.5. The molecule has 1 saturated heterocycles. The lowest BCUT2D eigenvalue weighted by Gasteiger charge is -2.40. The maximum Gasteiger partial charge on any atom is 0.256 e. The van der Waals surface area contributed by atoms with Crippen LogP contribution in [-0.2, 0) is 11.8 Å². The van der Waals surface area contributed by atoms with E-state index in [1.54, 1.807) is 24.2 Å². The molecule has 0 spiro atoms. The lowest BCUT2D eigenvalue weighted by molar-refractivity contribution is -0.121. The number of anilines is 3. The summed E-state index contributed by atoms with van der Waals surface area (Å²) in [7, 11) is 5.52. The number of amides is 1. The molecule has 4 heterocycles. The van der Waals surface area contributed by atoms with E-state index in [0.717, 1.165) is 47.5 Å². The topological polar surface area (TPSA) is 116 Å². The predicted molar refractivity (Wildman–Crippen MR) is 144 cm³/mol. The van der Waals surface area contributed by atoms with Crippen LogP contribution >= 0.6 is 0 Å². The SMILES string of the molecule is COc1nn(C)cc1Nc1nccc(-c2c[nH]c3c(NC(=O)C(C)N4CCN(C)[C@@H](C)C4)cccc23)n1. The third kappa shape index (κ3) is 5.00. The fourth-order valence-electron chi connectivity index (χ4n) is 4.70. The molecule has 1 fully saturated rings. The number of fused-ring (bicyclic) bond motifs is 1. The number of aromatic amines is 1. The molecule has 37 heavy (non-hydrogen) atoms. The van der Waals surface area contributed by atoms with Gasteiger partial charge in [-0.3, -0.25) is 14.4 Å². The number of carbonyl (C=O) groups is 1. The molecule has 0 aliphatic carbocycles. The number of piperazine rings is 1. The van der Waals surface area contributed by atoms with Crippen molar-refractivity contribution in [2.24, 2.45) is 7.05 Å². The van der Waals surface area contributed by atoms with Crippen LogP contribution in [0, 0.1) is 0 Å². The van der Waals surface area contributed by atoms with Gasteiger partial charge in [-0.05, 0) is 33.0 Å². The van der Waals surface area contributed by atoms with E-state index in [4.69, 9.17) is 9.72 Å². The van der Waals surface area contributed by atoms with Crippen molar-refractivity contribution in [3.05, 3.63) is 42.9 Å². The molecule has 11 heteroatoms. The molecule has 3 N–H and O–H groups in total.